The normalized spacial score (nSPS) is 21.9. The number of nitrogens with one attached hydrogen (secondary N) is 2. The Morgan fingerprint density at radius 1 is 1.13 bits per heavy atom. The van der Waals surface area contributed by atoms with Gasteiger partial charge in [-0.25, -0.2) is 9.97 Å². The molecule has 0 saturated carbocycles. The highest BCUT2D eigenvalue weighted by Gasteiger charge is 2.36. The molecule has 168 valence electrons. The third-order valence-electron chi connectivity index (χ3n) is 4.88. The molecule has 2 N–H and O–H groups in total. The standard InChI is InChI=1S/C18H18F6N5OP/c1-8-14(31)3-13(29-8)15(30)26-4-9-2-12(25-7-11(9)17(19,20)21)10-5-27-16(28-6-10)18(22,23)24/h2,5-8,13-14,29H,3-4,31H2,1H3,(H,26,30)/t8-,13-,14+/m0/s1. The van der Waals surface area contributed by atoms with E-state index in [1.54, 1.807) is 0 Å². The van der Waals surface area contributed by atoms with Crippen LogP contribution < -0.4 is 10.6 Å². The Kier molecular flexibility index (Phi) is 6.52. The Hall–Kier alpha value is -2.33. The van der Waals surface area contributed by atoms with Crippen molar-refractivity contribution >= 4 is 15.1 Å². The van der Waals surface area contributed by atoms with E-state index in [1.807, 2.05) is 6.92 Å². The minimum atomic E-state index is -4.75. The van der Waals surface area contributed by atoms with Crippen LogP contribution in [0.1, 0.15) is 30.3 Å². The molecule has 2 aromatic rings. The van der Waals surface area contributed by atoms with E-state index in [9.17, 15) is 31.1 Å². The van der Waals surface area contributed by atoms with Crippen molar-refractivity contribution in [1.29, 1.82) is 0 Å². The minimum Gasteiger partial charge on any atom is -0.351 e. The second kappa shape index (κ2) is 8.66. The van der Waals surface area contributed by atoms with Crippen molar-refractivity contribution < 1.29 is 31.1 Å². The van der Waals surface area contributed by atoms with Crippen LogP contribution >= 0.6 is 9.24 Å². The largest absolute Gasteiger partial charge is 0.451 e. The van der Waals surface area contributed by atoms with E-state index in [-0.39, 0.29) is 28.5 Å². The van der Waals surface area contributed by atoms with Crippen LogP contribution in [-0.2, 0) is 23.7 Å². The predicted octanol–water partition coefficient (Wildman–Crippen LogP) is 3.19. The fourth-order valence-corrected chi connectivity index (χ4v) is 3.52. The lowest BCUT2D eigenvalue weighted by Crippen LogP contribution is -2.42. The number of hydrogen-bond donors (Lipinski definition) is 2. The number of rotatable bonds is 4. The van der Waals surface area contributed by atoms with Crippen LogP contribution in [0.3, 0.4) is 0 Å². The molecule has 0 aromatic carbocycles. The van der Waals surface area contributed by atoms with Gasteiger partial charge < -0.3 is 10.6 Å². The Balaban J connectivity index is 1.83. The zero-order valence-electron chi connectivity index (χ0n) is 16.1. The van der Waals surface area contributed by atoms with E-state index in [0.717, 1.165) is 18.5 Å². The van der Waals surface area contributed by atoms with Gasteiger partial charge in [-0.3, -0.25) is 9.78 Å². The van der Waals surface area contributed by atoms with Crippen molar-refractivity contribution in [1.82, 2.24) is 25.6 Å². The first kappa shape index (κ1) is 23.3. The lowest BCUT2D eigenvalue weighted by Gasteiger charge is -2.16. The van der Waals surface area contributed by atoms with Gasteiger partial charge in [-0.1, -0.05) is 0 Å². The van der Waals surface area contributed by atoms with Gasteiger partial charge in [0.1, 0.15) is 0 Å². The number of carbonyl (C=O) groups excluding carboxylic acids is 1. The third kappa shape index (κ3) is 5.48. The summed E-state index contributed by atoms with van der Waals surface area (Å²) in [5.74, 6) is -1.82. The molecule has 3 heterocycles. The molecule has 1 aliphatic heterocycles. The Labute approximate surface area is 175 Å². The van der Waals surface area contributed by atoms with Crippen LogP contribution in [0.25, 0.3) is 11.3 Å². The molecule has 2 aromatic heterocycles. The van der Waals surface area contributed by atoms with Crippen molar-refractivity contribution in [3.63, 3.8) is 0 Å². The topological polar surface area (TPSA) is 79.8 Å². The maximum atomic E-state index is 13.4. The molecule has 0 aliphatic carbocycles. The molecular weight excluding hydrogens is 447 g/mol. The van der Waals surface area contributed by atoms with Crippen molar-refractivity contribution in [2.24, 2.45) is 0 Å². The van der Waals surface area contributed by atoms with E-state index >= 15 is 0 Å². The molecular formula is C18H18F6N5OP. The maximum Gasteiger partial charge on any atom is 0.451 e. The van der Waals surface area contributed by atoms with Crippen LogP contribution in [0, 0.1) is 0 Å². The number of pyridine rings is 1. The zero-order chi connectivity index (χ0) is 23.0. The van der Waals surface area contributed by atoms with Gasteiger partial charge in [-0.05, 0) is 30.6 Å². The summed E-state index contributed by atoms with van der Waals surface area (Å²) >= 11 is 0. The smallest absolute Gasteiger partial charge is 0.351 e. The van der Waals surface area contributed by atoms with Gasteiger partial charge in [0.25, 0.3) is 0 Å². The van der Waals surface area contributed by atoms with E-state index < -0.39 is 42.2 Å². The van der Waals surface area contributed by atoms with Crippen LogP contribution in [0.4, 0.5) is 26.3 Å². The summed E-state index contributed by atoms with van der Waals surface area (Å²) in [6.45, 7) is 1.47. The number of nitrogens with zero attached hydrogens (tertiary/aromatic N) is 3. The number of carbonyl (C=O) groups is 1. The van der Waals surface area contributed by atoms with E-state index in [1.165, 1.54) is 0 Å². The highest BCUT2D eigenvalue weighted by atomic mass is 31.0. The Bertz CT molecular complexity index is 940. The molecule has 3 rings (SSSR count). The molecule has 31 heavy (non-hydrogen) atoms. The number of alkyl halides is 6. The van der Waals surface area contributed by atoms with Crippen molar-refractivity contribution in [2.75, 3.05) is 0 Å². The quantitative estimate of drug-likeness (QED) is 0.536. The van der Waals surface area contributed by atoms with E-state index in [4.69, 9.17) is 0 Å². The van der Waals surface area contributed by atoms with Crippen LogP contribution in [0.2, 0.25) is 0 Å². The SMILES string of the molecule is C[C@@H]1N[C@H](C(=O)NCc2cc(-c3cnc(C(F)(F)F)nc3)ncc2C(F)(F)F)C[C@H]1P. The molecule has 4 atom stereocenters. The molecule has 1 unspecified atom stereocenters. The fraction of sp³-hybridized carbons (Fsp3) is 0.444. The molecule has 1 fully saturated rings. The lowest BCUT2D eigenvalue weighted by atomic mass is 10.1. The maximum absolute atomic E-state index is 13.4. The van der Waals surface area contributed by atoms with Crippen molar-refractivity contribution in [2.45, 2.75) is 50.0 Å². The Morgan fingerprint density at radius 2 is 1.77 bits per heavy atom. The molecule has 0 radical (unpaired) electrons. The third-order valence-corrected chi connectivity index (χ3v) is 5.73. The highest BCUT2D eigenvalue weighted by Crippen LogP contribution is 2.33. The second-order valence-corrected chi connectivity index (χ2v) is 8.00. The van der Waals surface area contributed by atoms with Gasteiger partial charge in [0.2, 0.25) is 11.7 Å². The van der Waals surface area contributed by atoms with Crippen molar-refractivity contribution in [3.05, 3.63) is 41.6 Å². The molecule has 1 aliphatic rings. The second-order valence-electron chi connectivity index (χ2n) is 7.14. The van der Waals surface area contributed by atoms with Gasteiger partial charge >= 0.3 is 12.4 Å². The average molecular weight is 465 g/mol. The summed E-state index contributed by atoms with van der Waals surface area (Å²) in [6.07, 6.45) is -6.72. The summed E-state index contributed by atoms with van der Waals surface area (Å²) in [4.78, 5) is 22.4. The monoisotopic (exact) mass is 465 g/mol. The summed E-state index contributed by atoms with van der Waals surface area (Å²) in [5.41, 5.74) is -1.22. The molecule has 0 spiro atoms. The zero-order valence-corrected chi connectivity index (χ0v) is 17.2. The van der Waals surface area contributed by atoms with E-state index in [2.05, 4.69) is 34.8 Å². The molecule has 1 saturated heterocycles. The number of amides is 1. The Morgan fingerprint density at radius 3 is 2.29 bits per heavy atom. The van der Waals surface area contributed by atoms with E-state index in [0.29, 0.717) is 12.6 Å². The number of halogens is 6. The van der Waals surface area contributed by atoms with Crippen LogP contribution in [0.15, 0.2) is 24.7 Å². The first-order valence-corrected chi connectivity index (χ1v) is 9.78. The first-order valence-electron chi connectivity index (χ1n) is 9.11. The van der Waals surface area contributed by atoms with Crippen molar-refractivity contribution in [3.8, 4) is 11.3 Å². The predicted molar refractivity (Wildman–Crippen MR) is 102 cm³/mol. The van der Waals surface area contributed by atoms with Gasteiger partial charge in [-0.2, -0.15) is 26.3 Å². The summed E-state index contributed by atoms with van der Waals surface area (Å²) in [5, 5.41) is 5.55. The van der Waals surface area contributed by atoms with Crippen LogP contribution in [0.5, 0.6) is 0 Å². The summed E-state index contributed by atoms with van der Waals surface area (Å²) < 4.78 is 78.0. The van der Waals surface area contributed by atoms with Gasteiger partial charge in [0, 0.05) is 36.7 Å². The first-order chi connectivity index (χ1) is 14.4. The van der Waals surface area contributed by atoms with Gasteiger partial charge in [0.05, 0.1) is 17.3 Å². The molecule has 13 heteroatoms. The molecule has 1 amide bonds. The molecule has 6 nitrogen and oxygen atoms in total. The average Bonchev–Trinajstić information content (AvgIpc) is 3.03. The lowest BCUT2D eigenvalue weighted by molar-refractivity contribution is -0.145. The van der Waals surface area contributed by atoms with Gasteiger partial charge in [0.15, 0.2) is 0 Å². The fourth-order valence-electron chi connectivity index (χ4n) is 3.14. The number of hydrogen-bond acceptors (Lipinski definition) is 5. The van der Waals surface area contributed by atoms with Gasteiger partial charge in [-0.15, -0.1) is 9.24 Å². The summed E-state index contributed by atoms with van der Waals surface area (Å²) in [7, 11) is 2.61. The number of aromatic nitrogens is 3. The minimum absolute atomic E-state index is 0.00596. The molecule has 0 bridgehead atoms. The highest BCUT2D eigenvalue weighted by molar-refractivity contribution is 7.17. The van der Waals surface area contributed by atoms with Crippen LogP contribution in [-0.4, -0.2) is 38.6 Å². The summed E-state index contributed by atoms with van der Waals surface area (Å²) in [6, 6.07) is 0.591.